The van der Waals surface area contributed by atoms with Gasteiger partial charge in [-0.05, 0) is 12.8 Å². The van der Waals surface area contributed by atoms with Gasteiger partial charge in [0.05, 0.1) is 6.10 Å². The van der Waals surface area contributed by atoms with Crippen molar-refractivity contribution in [3.8, 4) is 0 Å². The van der Waals surface area contributed by atoms with Crippen molar-refractivity contribution in [3.63, 3.8) is 0 Å². The Morgan fingerprint density at radius 3 is 2.00 bits per heavy atom. The van der Waals surface area contributed by atoms with Crippen LogP contribution >= 0.6 is 0 Å². The van der Waals surface area contributed by atoms with Crippen LogP contribution in [-0.4, -0.2) is 59.0 Å². The van der Waals surface area contributed by atoms with Gasteiger partial charge in [0.25, 0.3) is 10.1 Å². The van der Waals surface area contributed by atoms with Crippen LogP contribution in [0.25, 0.3) is 0 Å². The Bertz CT molecular complexity index is 226. The molecule has 2 N–H and O–H groups in total. The Balaban J connectivity index is 0.00000121. The van der Waals surface area contributed by atoms with Crippen LogP contribution in [0.5, 0.6) is 0 Å². The number of hydrogen-bond acceptors (Lipinski definition) is 3. The molecule has 0 aromatic rings. The average Bonchev–Trinajstić information content (AvgIpc) is 1.86. The summed E-state index contributed by atoms with van der Waals surface area (Å²) in [4.78, 5) is 0. The van der Waals surface area contributed by atoms with E-state index in [0.717, 1.165) is 12.8 Å². The molecule has 0 heterocycles. The molecule has 4 nitrogen and oxygen atoms in total. The average molecular weight is 203 g/mol. The number of aliphatic hydroxyl groups excluding tert-OH is 1. The molecule has 1 rings (SSSR count). The zero-order chi connectivity index (χ0) is 8.48. The molecule has 2 atom stereocenters. The summed E-state index contributed by atoms with van der Waals surface area (Å²) in [6, 6.07) is 0. The van der Waals surface area contributed by atoms with E-state index in [1.807, 2.05) is 0 Å². The largest absolute Gasteiger partial charge is 0.392 e. The zero-order valence-corrected chi connectivity index (χ0v) is 9.92. The Hall–Kier alpha value is 0.870. The molecule has 2 unspecified atom stereocenters. The first-order valence-electron chi connectivity index (χ1n) is 3.66. The summed E-state index contributed by atoms with van der Waals surface area (Å²) in [6.45, 7) is 0. The molecule has 0 aromatic carbocycles. The molecule has 0 aromatic heterocycles. The van der Waals surface area contributed by atoms with Crippen LogP contribution in [0.2, 0.25) is 0 Å². The minimum atomic E-state index is -4.03. The van der Waals surface area contributed by atoms with Gasteiger partial charge in [-0.2, -0.15) is 8.42 Å². The minimum absolute atomic E-state index is 0. The third kappa shape index (κ3) is 3.32. The Kier molecular flexibility index (Phi) is 5.29. The molecule has 12 heavy (non-hydrogen) atoms. The Morgan fingerprint density at radius 1 is 1.17 bits per heavy atom. The first kappa shape index (κ1) is 12.9. The molecule has 1 radical (unpaired) electrons. The molecular formula is C6H12NaO4S. The van der Waals surface area contributed by atoms with E-state index in [4.69, 9.17) is 9.66 Å². The Morgan fingerprint density at radius 2 is 1.67 bits per heavy atom. The van der Waals surface area contributed by atoms with Gasteiger partial charge in [-0.15, -0.1) is 0 Å². The van der Waals surface area contributed by atoms with E-state index in [-0.39, 0.29) is 29.6 Å². The third-order valence-electron chi connectivity index (χ3n) is 2.05. The van der Waals surface area contributed by atoms with Crippen molar-refractivity contribution in [2.75, 3.05) is 0 Å². The second-order valence-corrected chi connectivity index (χ2v) is 4.54. The second-order valence-electron chi connectivity index (χ2n) is 2.91. The fourth-order valence-electron chi connectivity index (χ4n) is 1.42. The maximum atomic E-state index is 10.6. The van der Waals surface area contributed by atoms with E-state index < -0.39 is 21.5 Å². The number of rotatable bonds is 1. The quantitative estimate of drug-likeness (QED) is 0.457. The molecule has 0 aliphatic heterocycles. The molecule has 67 valence electrons. The van der Waals surface area contributed by atoms with Gasteiger partial charge in [-0.3, -0.25) is 4.55 Å². The summed E-state index contributed by atoms with van der Waals surface area (Å²) in [5.41, 5.74) is 0. The molecule has 1 saturated carbocycles. The molecule has 6 heteroatoms. The molecule has 0 amide bonds. The van der Waals surface area contributed by atoms with E-state index in [1.165, 1.54) is 0 Å². The first-order chi connectivity index (χ1) is 5.02. The number of aliphatic hydroxyl groups is 1. The van der Waals surface area contributed by atoms with Gasteiger partial charge < -0.3 is 5.11 Å². The van der Waals surface area contributed by atoms with Gasteiger partial charge in [-0.25, -0.2) is 0 Å². The van der Waals surface area contributed by atoms with Crippen LogP contribution in [0.15, 0.2) is 0 Å². The fraction of sp³-hybridized carbons (Fsp3) is 1.00. The van der Waals surface area contributed by atoms with E-state index in [9.17, 15) is 8.42 Å². The SMILES string of the molecule is O=S(=O)(O)C1CCCCC1O.[Na]. The summed E-state index contributed by atoms with van der Waals surface area (Å²) in [5.74, 6) is 0. The van der Waals surface area contributed by atoms with E-state index in [0.29, 0.717) is 12.8 Å². The predicted molar refractivity (Wildman–Crippen MR) is 45.6 cm³/mol. The third-order valence-corrected chi connectivity index (χ3v) is 3.37. The summed E-state index contributed by atoms with van der Waals surface area (Å²) in [6.07, 6.45) is 1.58. The van der Waals surface area contributed by atoms with E-state index >= 15 is 0 Å². The van der Waals surface area contributed by atoms with Crippen LogP contribution in [-0.2, 0) is 10.1 Å². The standard InChI is InChI=1S/C6H12O4S.Na/c7-5-3-1-2-4-6(5)11(8,9)10;/h5-7H,1-4H2,(H,8,9,10);. The molecule has 0 spiro atoms. The zero-order valence-electron chi connectivity index (χ0n) is 7.10. The smallest absolute Gasteiger partial charge is 0.270 e. The van der Waals surface area contributed by atoms with Crippen molar-refractivity contribution in [2.45, 2.75) is 37.0 Å². The van der Waals surface area contributed by atoms with Gasteiger partial charge in [0.1, 0.15) is 5.25 Å². The predicted octanol–water partition coefficient (Wildman–Crippen LogP) is -0.203. The van der Waals surface area contributed by atoms with Crippen LogP contribution < -0.4 is 0 Å². The van der Waals surface area contributed by atoms with Gasteiger partial charge in [-0.1, -0.05) is 12.8 Å². The second kappa shape index (κ2) is 4.93. The van der Waals surface area contributed by atoms with E-state index in [1.54, 1.807) is 0 Å². The summed E-state index contributed by atoms with van der Waals surface area (Å²) in [7, 11) is -4.03. The number of hydrogen-bond donors (Lipinski definition) is 2. The minimum Gasteiger partial charge on any atom is -0.392 e. The molecule has 0 saturated heterocycles. The van der Waals surface area contributed by atoms with Crippen LogP contribution in [0.3, 0.4) is 0 Å². The van der Waals surface area contributed by atoms with Crippen LogP contribution in [0.1, 0.15) is 25.7 Å². The molecule has 0 bridgehead atoms. The van der Waals surface area contributed by atoms with Crippen LogP contribution in [0.4, 0.5) is 0 Å². The summed E-state index contributed by atoms with van der Waals surface area (Å²) < 4.78 is 29.8. The van der Waals surface area contributed by atoms with Crippen molar-refractivity contribution in [1.29, 1.82) is 0 Å². The topological polar surface area (TPSA) is 74.6 Å². The van der Waals surface area contributed by atoms with Crippen LogP contribution in [0, 0.1) is 0 Å². The summed E-state index contributed by atoms with van der Waals surface area (Å²) in [5, 5.41) is 8.22. The first-order valence-corrected chi connectivity index (χ1v) is 5.16. The normalized spacial score (nSPS) is 30.8. The Labute approximate surface area is 94.4 Å². The maximum absolute atomic E-state index is 10.6. The van der Waals surface area contributed by atoms with Gasteiger partial charge >= 0.3 is 0 Å². The molecule has 1 aliphatic rings. The molecular weight excluding hydrogens is 191 g/mol. The summed E-state index contributed by atoms with van der Waals surface area (Å²) >= 11 is 0. The van der Waals surface area contributed by atoms with Crippen molar-refractivity contribution in [3.05, 3.63) is 0 Å². The maximum Gasteiger partial charge on any atom is 0.270 e. The molecule has 1 aliphatic carbocycles. The van der Waals surface area contributed by atoms with Crippen molar-refractivity contribution < 1.29 is 18.1 Å². The van der Waals surface area contributed by atoms with Gasteiger partial charge in [0.15, 0.2) is 0 Å². The van der Waals surface area contributed by atoms with Gasteiger partial charge in [0, 0.05) is 29.6 Å². The van der Waals surface area contributed by atoms with Gasteiger partial charge in [0.2, 0.25) is 0 Å². The van der Waals surface area contributed by atoms with Crippen molar-refractivity contribution >= 4 is 39.7 Å². The van der Waals surface area contributed by atoms with Crippen molar-refractivity contribution in [1.82, 2.24) is 0 Å². The van der Waals surface area contributed by atoms with Crippen molar-refractivity contribution in [2.24, 2.45) is 0 Å². The van der Waals surface area contributed by atoms with E-state index in [2.05, 4.69) is 0 Å². The molecule has 1 fully saturated rings. The monoisotopic (exact) mass is 203 g/mol. The fourth-order valence-corrected chi connectivity index (χ4v) is 2.42.